The molecule has 0 saturated heterocycles. The third-order valence-electron chi connectivity index (χ3n) is 3.24. The molecular formula is C17H14Br2FNO3. The normalized spacial score (nSPS) is 11.7. The number of ether oxygens (including phenoxy) is 1. The minimum Gasteiger partial charge on any atom is -0.467 e. The SMILES string of the molecule is COC(=O)[C@@H](Cc1cccc(F)c1)NC(=O)c1cc(Br)cc(Br)c1. The van der Waals surface area contributed by atoms with Crippen LogP contribution >= 0.6 is 31.9 Å². The maximum absolute atomic E-state index is 13.3. The quantitative estimate of drug-likeness (QED) is 0.692. The van der Waals surface area contributed by atoms with Crippen LogP contribution in [-0.2, 0) is 16.0 Å². The summed E-state index contributed by atoms with van der Waals surface area (Å²) < 4.78 is 19.5. The standard InChI is InChI=1S/C17H14Br2FNO3/c1-24-17(23)15(6-10-3-2-4-14(20)5-10)21-16(22)11-7-12(18)9-13(19)8-11/h2-5,7-9,15H,6H2,1H3,(H,21,22)/t15-/m1/s1. The molecule has 2 aromatic carbocycles. The van der Waals surface area contributed by atoms with Gasteiger partial charge in [0.25, 0.3) is 5.91 Å². The van der Waals surface area contributed by atoms with Crippen LogP contribution in [0.1, 0.15) is 15.9 Å². The lowest BCUT2D eigenvalue weighted by atomic mass is 10.1. The van der Waals surface area contributed by atoms with E-state index in [9.17, 15) is 14.0 Å². The van der Waals surface area contributed by atoms with Gasteiger partial charge in [0.2, 0.25) is 0 Å². The second-order valence-electron chi connectivity index (χ2n) is 5.04. The van der Waals surface area contributed by atoms with Crippen LogP contribution in [0, 0.1) is 5.82 Å². The van der Waals surface area contributed by atoms with E-state index in [1.54, 1.807) is 30.3 Å². The van der Waals surface area contributed by atoms with Crippen LogP contribution in [0.5, 0.6) is 0 Å². The fourth-order valence-corrected chi connectivity index (χ4v) is 3.46. The second-order valence-corrected chi connectivity index (χ2v) is 6.87. The summed E-state index contributed by atoms with van der Waals surface area (Å²) in [6, 6.07) is 10.0. The van der Waals surface area contributed by atoms with Crippen LogP contribution in [0.25, 0.3) is 0 Å². The average Bonchev–Trinajstić information content (AvgIpc) is 2.52. The van der Waals surface area contributed by atoms with Gasteiger partial charge in [-0.15, -0.1) is 0 Å². The number of nitrogens with one attached hydrogen (secondary N) is 1. The van der Waals surface area contributed by atoms with Gasteiger partial charge in [-0.3, -0.25) is 4.79 Å². The van der Waals surface area contributed by atoms with E-state index in [2.05, 4.69) is 37.2 Å². The van der Waals surface area contributed by atoms with Crippen molar-refractivity contribution >= 4 is 43.7 Å². The highest BCUT2D eigenvalue weighted by Crippen LogP contribution is 2.20. The largest absolute Gasteiger partial charge is 0.467 e. The average molecular weight is 459 g/mol. The van der Waals surface area contributed by atoms with Gasteiger partial charge in [-0.25, -0.2) is 9.18 Å². The van der Waals surface area contributed by atoms with E-state index < -0.39 is 23.7 Å². The van der Waals surface area contributed by atoms with Gasteiger partial charge in [0.15, 0.2) is 0 Å². The van der Waals surface area contributed by atoms with Crippen molar-refractivity contribution in [2.45, 2.75) is 12.5 Å². The van der Waals surface area contributed by atoms with Gasteiger partial charge in [0.05, 0.1) is 7.11 Å². The maximum Gasteiger partial charge on any atom is 0.328 e. The number of rotatable bonds is 5. The summed E-state index contributed by atoms with van der Waals surface area (Å²) in [6.45, 7) is 0. The molecule has 0 heterocycles. The molecule has 0 spiro atoms. The summed E-state index contributed by atoms with van der Waals surface area (Å²) >= 11 is 6.62. The summed E-state index contributed by atoms with van der Waals surface area (Å²) in [4.78, 5) is 24.4. The summed E-state index contributed by atoms with van der Waals surface area (Å²) in [6.07, 6.45) is 0.130. The minimum atomic E-state index is -0.915. The molecule has 2 rings (SSSR count). The molecule has 0 bridgehead atoms. The molecular weight excluding hydrogens is 445 g/mol. The van der Waals surface area contributed by atoms with E-state index in [0.29, 0.717) is 11.1 Å². The molecule has 126 valence electrons. The minimum absolute atomic E-state index is 0.130. The molecule has 1 N–H and O–H groups in total. The summed E-state index contributed by atoms with van der Waals surface area (Å²) in [7, 11) is 1.24. The zero-order valence-corrected chi connectivity index (χ0v) is 15.9. The van der Waals surface area contributed by atoms with Gasteiger partial charge in [0, 0.05) is 20.9 Å². The zero-order valence-electron chi connectivity index (χ0n) is 12.7. The highest BCUT2D eigenvalue weighted by Gasteiger charge is 2.23. The Balaban J connectivity index is 2.19. The van der Waals surface area contributed by atoms with Crippen LogP contribution < -0.4 is 5.32 Å². The van der Waals surface area contributed by atoms with Crippen molar-refractivity contribution in [3.63, 3.8) is 0 Å². The molecule has 0 saturated carbocycles. The fourth-order valence-electron chi connectivity index (χ4n) is 2.16. The first kappa shape index (κ1) is 18.6. The highest BCUT2D eigenvalue weighted by molar-refractivity contribution is 9.11. The van der Waals surface area contributed by atoms with Crippen LogP contribution in [0.15, 0.2) is 51.4 Å². The topological polar surface area (TPSA) is 55.4 Å². The Kier molecular flexibility index (Phi) is 6.51. The number of esters is 1. The van der Waals surface area contributed by atoms with E-state index >= 15 is 0 Å². The van der Waals surface area contributed by atoms with Crippen LogP contribution in [0.4, 0.5) is 4.39 Å². The first-order valence-electron chi connectivity index (χ1n) is 6.98. The van der Waals surface area contributed by atoms with E-state index in [0.717, 1.165) is 8.95 Å². The molecule has 0 aliphatic rings. The van der Waals surface area contributed by atoms with Gasteiger partial charge >= 0.3 is 5.97 Å². The Morgan fingerprint density at radius 2 is 1.83 bits per heavy atom. The van der Waals surface area contributed by atoms with E-state index in [1.165, 1.54) is 19.2 Å². The maximum atomic E-state index is 13.3. The third kappa shape index (κ3) is 5.14. The smallest absolute Gasteiger partial charge is 0.328 e. The molecule has 0 aliphatic heterocycles. The van der Waals surface area contributed by atoms with E-state index in [-0.39, 0.29) is 6.42 Å². The predicted molar refractivity (Wildman–Crippen MR) is 95.2 cm³/mol. The van der Waals surface area contributed by atoms with Crippen LogP contribution in [-0.4, -0.2) is 25.0 Å². The number of benzene rings is 2. The zero-order chi connectivity index (χ0) is 17.7. The Morgan fingerprint density at radius 3 is 2.42 bits per heavy atom. The molecule has 7 heteroatoms. The lowest BCUT2D eigenvalue weighted by Crippen LogP contribution is -2.43. The van der Waals surface area contributed by atoms with Crippen LogP contribution in [0.2, 0.25) is 0 Å². The molecule has 2 aromatic rings. The van der Waals surface area contributed by atoms with Crippen molar-refractivity contribution < 1.29 is 18.7 Å². The van der Waals surface area contributed by atoms with Gasteiger partial charge in [-0.1, -0.05) is 44.0 Å². The third-order valence-corrected chi connectivity index (χ3v) is 4.16. The van der Waals surface area contributed by atoms with Gasteiger partial charge in [-0.2, -0.15) is 0 Å². The van der Waals surface area contributed by atoms with Crippen LogP contribution in [0.3, 0.4) is 0 Å². The predicted octanol–water partition coefficient (Wildman–Crippen LogP) is 3.86. The molecule has 0 aromatic heterocycles. The molecule has 1 amide bonds. The first-order valence-corrected chi connectivity index (χ1v) is 8.57. The number of carbonyl (C=O) groups is 2. The second kappa shape index (κ2) is 8.39. The van der Waals surface area contributed by atoms with E-state index in [4.69, 9.17) is 4.74 Å². The van der Waals surface area contributed by atoms with Crippen molar-refractivity contribution in [2.75, 3.05) is 7.11 Å². The lowest BCUT2D eigenvalue weighted by Gasteiger charge is -2.17. The Hall–Kier alpha value is -1.73. The molecule has 4 nitrogen and oxygen atoms in total. The number of carbonyl (C=O) groups excluding carboxylic acids is 2. The van der Waals surface area contributed by atoms with Crippen molar-refractivity contribution in [1.29, 1.82) is 0 Å². The number of hydrogen-bond donors (Lipinski definition) is 1. The van der Waals surface area contributed by atoms with Gasteiger partial charge < -0.3 is 10.1 Å². The Morgan fingerprint density at radius 1 is 1.17 bits per heavy atom. The number of amides is 1. The number of hydrogen-bond acceptors (Lipinski definition) is 3. The lowest BCUT2D eigenvalue weighted by molar-refractivity contribution is -0.142. The summed E-state index contributed by atoms with van der Waals surface area (Å²) in [5.41, 5.74) is 0.963. The number of halogens is 3. The Bertz CT molecular complexity index is 747. The van der Waals surface area contributed by atoms with Crippen molar-refractivity contribution in [3.8, 4) is 0 Å². The number of methoxy groups -OCH3 is 1. The molecule has 0 unspecified atom stereocenters. The fraction of sp³-hybridized carbons (Fsp3) is 0.176. The molecule has 24 heavy (non-hydrogen) atoms. The highest BCUT2D eigenvalue weighted by atomic mass is 79.9. The van der Waals surface area contributed by atoms with Crippen molar-refractivity contribution in [3.05, 3.63) is 68.4 Å². The summed E-state index contributed by atoms with van der Waals surface area (Å²) in [5, 5.41) is 2.63. The Labute approximate surface area is 155 Å². The molecule has 0 radical (unpaired) electrons. The monoisotopic (exact) mass is 457 g/mol. The van der Waals surface area contributed by atoms with Crippen molar-refractivity contribution in [1.82, 2.24) is 5.32 Å². The van der Waals surface area contributed by atoms with Gasteiger partial charge in [-0.05, 0) is 35.9 Å². The first-order chi connectivity index (χ1) is 11.4. The van der Waals surface area contributed by atoms with Crippen molar-refractivity contribution in [2.24, 2.45) is 0 Å². The van der Waals surface area contributed by atoms with E-state index in [1.807, 2.05) is 0 Å². The molecule has 0 fully saturated rings. The molecule has 1 atom stereocenters. The summed E-state index contributed by atoms with van der Waals surface area (Å²) in [5.74, 6) is -1.43. The van der Waals surface area contributed by atoms with Gasteiger partial charge in [0.1, 0.15) is 11.9 Å². The molecule has 0 aliphatic carbocycles.